The van der Waals surface area contributed by atoms with Crippen LogP contribution in [-0.2, 0) is 16.3 Å². The zero-order valence-electron chi connectivity index (χ0n) is 13.1. The van der Waals surface area contributed by atoms with Crippen LogP contribution in [0.3, 0.4) is 0 Å². The maximum atomic E-state index is 12.3. The number of rotatable bonds is 6. The van der Waals surface area contributed by atoms with Gasteiger partial charge in [-0.1, -0.05) is 11.6 Å². The van der Waals surface area contributed by atoms with Crippen LogP contribution in [-0.4, -0.2) is 32.1 Å². The van der Waals surface area contributed by atoms with E-state index in [-0.39, 0.29) is 5.91 Å². The quantitative estimate of drug-likeness (QED) is 0.885. The molecule has 8 heteroatoms. The lowest BCUT2D eigenvalue weighted by Crippen LogP contribution is -2.25. The van der Waals surface area contributed by atoms with Crippen molar-refractivity contribution in [1.29, 1.82) is 0 Å². The Hall–Kier alpha value is -1.86. The van der Waals surface area contributed by atoms with Gasteiger partial charge in [-0.05, 0) is 27.7 Å². The Morgan fingerprint density at radius 3 is 2.82 bits per heavy atom. The van der Waals surface area contributed by atoms with E-state index in [1.165, 1.54) is 0 Å². The Bertz CT molecular complexity index is 664. The summed E-state index contributed by atoms with van der Waals surface area (Å²) in [5.41, 5.74) is 2.10. The molecule has 120 valence electrons. The maximum absolute atomic E-state index is 12.3. The van der Waals surface area contributed by atoms with E-state index < -0.39 is 6.04 Å². The number of carbonyl (C=O) groups is 1. The predicted molar refractivity (Wildman–Crippen MR) is 83.9 cm³/mol. The number of aryl methyl sites for hydroxylation is 1. The summed E-state index contributed by atoms with van der Waals surface area (Å²) in [6, 6.07) is -0.471. The lowest BCUT2D eigenvalue weighted by Gasteiger charge is -2.13. The molecule has 0 bridgehead atoms. The van der Waals surface area contributed by atoms with Gasteiger partial charge in [-0.3, -0.25) is 9.48 Å². The Kier molecular flexibility index (Phi) is 5.20. The topological polar surface area (TPSA) is 74.0 Å². The van der Waals surface area contributed by atoms with E-state index in [1.807, 2.05) is 20.8 Å². The van der Waals surface area contributed by atoms with Crippen molar-refractivity contribution in [2.75, 3.05) is 11.9 Å². The van der Waals surface area contributed by atoms with Gasteiger partial charge in [0.1, 0.15) is 12.8 Å². The summed E-state index contributed by atoms with van der Waals surface area (Å²) in [6.45, 7) is 8.30. The van der Waals surface area contributed by atoms with Crippen molar-refractivity contribution in [2.45, 2.75) is 40.5 Å². The van der Waals surface area contributed by atoms with Gasteiger partial charge in [-0.2, -0.15) is 10.2 Å². The molecule has 0 aliphatic heterocycles. The number of nitrogens with zero attached hydrogens (tertiary/aromatic N) is 4. The van der Waals surface area contributed by atoms with E-state index in [2.05, 4.69) is 15.5 Å². The molecule has 0 saturated carbocycles. The summed E-state index contributed by atoms with van der Waals surface area (Å²) in [5, 5.41) is 11.8. The minimum atomic E-state index is -0.471. The molecule has 2 rings (SSSR count). The predicted octanol–water partition coefficient (Wildman–Crippen LogP) is 2.54. The van der Waals surface area contributed by atoms with E-state index in [1.54, 1.807) is 28.7 Å². The van der Waals surface area contributed by atoms with Gasteiger partial charge in [-0.15, -0.1) is 0 Å². The van der Waals surface area contributed by atoms with Crippen molar-refractivity contribution in [2.24, 2.45) is 0 Å². The molecule has 2 heterocycles. The van der Waals surface area contributed by atoms with Crippen LogP contribution in [0.5, 0.6) is 0 Å². The van der Waals surface area contributed by atoms with Gasteiger partial charge in [0.15, 0.2) is 0 Å². The minimum absolute atomic E-state index is 0.182. The van der Waals surface area contributed by atoms with Gasteiger partial charge in [0.25, 0.3) is 0 Å². The molecular weight excluding hydrogens is 306 g/mol. The highest BCUT2D eigenvalue weighted by atomic mass is 35.5. The van der Waals surface area contributed by atoms with Gasteiger partial charge in [0.2, 0.25) is 5.91 Å². The van der Waals surface area contributed by atoms with Gasteiger partial charge < -0.3 is 10.1 Å². The van der Waals surface area contributed by atoms with E-state index in [9.17, 15) is 4.79 Å². The summed E-state index contributed by atoms with van der Waals surface area (Å²) in [4.78, 5) is 12.3. The number of hydrogen-bond acceptors (Lipinski definition) is 4. The first-order valence-electron chi connectivity index (χ1n) is 7.06. The third kappa shape index (κ3) is 3.48. The van der Waals surface area contributed by atoms with Crippen molar-refractivity contribution < 1.29 is 9.53 Å². The van der Waals surface area contributed by atoms with Crippen LogP contribution < -0.4 is 5.32 Å². The number of hydrogen-bond donors (Lipinski definition) is 1. The van der Waals surface area contributed by atoms with Gasteiger partial charge in [0.05, 0.1) is 34.5 Å². The van der Waals surface area contributed by atoms with Gasteiger partial charge in [0, 0.05) is 6.61 Å². The van der Waals surface area contributed by atoms with Crippen LogP contribution in [0.2, 0.25) is 5.02 Å². The highest BCUT2D eigenvalue weighted by Gasteiger charge is 2.20. The normalized spacial score (nSPS) is 12.4. The molecular formula is C14H20ClN5O2. The molecule has 0 radical (unpaired) electrons. The number of amides is 1. The largest absolute Gasteiger partial charge is 0.360 e. The van der Waals surface area contributed by atoms with E-state index in [0.29, 0.717) is 29.7 Å². The molecule has 0 spiro atoms. The molecule has 0 fully saturated rings. The molecule has 22 heavy (non-hydrogen) atoms. The Morgan fingerprint density at radius 2 is 2.23 bits per heavy atom. The maximum Gasteiger partial charge on any atom is 0.249 e. The molecule has 2 aromatic rings. The fraction of sp³-hybridized carbons (Fsp3) is 0.500. The zero-order chi connectivity index (χ0) is 16.3. The molecule has 0 aliphatic rings. The number of halogens is 1. The van der Waals surface area contributed by atoms with Crippen molar-refractivity contribution in [3.8, 4) is 0 Å². The van der Waals surface area contributed by atoms with Crippen molar-refractivity contribution in [3.63, 3.8) is 0 Å². The molecule has 2 aromatic heterocycles. The number of aromatic nitrogens is 4. The minimum Gasteiger partial charge on any atom is -0.360 e. The van der Waals surface area contributed by atoms with Crippen LogP contribution in [0.15, 0.2) is 12.4 Å². The van der Waals surface area contributed by atoms with Crippen LogP contribution in [0.4, 0.5) is 5.69 Å². The third-order valence-corrected chi connectivity index (χ3v) is 3.86. The molecule has 0 aromatic carbocycles. The van der Waals surface area contributed by atoms with Gasteiger partial charge >= 0.3 is 0 Å². The second-order valence-corrected chi connectivity index (χ2v) is 5.36. The highest BCUT2D eigenvalue weighted by Crippen LogP contribution is 2.22. The van der Waals surface area contributed by atoms with Crippen molar-refractivity contribution in [1.82, 2.24) is 19.6 Å². The number of nitrogens with one attached hydrogen (secondary N) is 1. The summed E-state index contributed by atoms with van der Waals surface area (Å²) in [5.74, 6) is -0.182. The lowest BCUT2D eigenvalue weighted by atomic mass is 10.3. The molecule has 1 atom stereocenters. The monoisotopic (exact) mass is 325 g/mol. The molecule has 0 saturated heterocycles. The first kappa shape index (κ1) is 16.5. The average molecular weight is 326 g/mol. The molecule has 7 nitrogen and oxygen atoms in total. The Balaban J connectivity index is 2.05. The van der Waals surface area contributed by atoms with Crippen LogP contribution in [0.1, 0.15) is 31.3 Å². The molecule has 1 amide bonds. The van der Waals surface area contributed by atoms with Gasteiger partial charge in [-0.25, -0.2) is 4.68 Å². The second-order valence-electron chi connectivity index (χ2n) is 4.98. The summed E-state index contributed by atoms with van der Waals surface area (Å²) >= 11 is 6.12. The third-order valence-electron chi connectivity index (χ3n) is 3.31. The molecule has 1 unspecified atom stereocenters. The number of anilines is 1. The zero-order valence-corrected chi connectivity index (χ0v) is 13.9. The lowest BCUT2D eigenvalue weighted by molar-refractivity contribution is -0.119. The second kappa shape index (κ2) is 6.93. The van der Waals surface area contributed by atoms with Crippen LogP contribution in [0.25, 0.3) is 0 Å². The summed E-state index contributed by atoms with van der Waals surface area (Å²) in [6.07, 6.45) is 3.30. The fourth-order valence-corrected chi connectivity index (χ4v) is 2.19. The van der Waals surface area contributed by atoms with E-state index in [0.717, 1.165) is 5.69 Å². The standard InChI is InChI=1S/C14H20ClN5O2/c1-5-22-8-19-7-12(6-16-19)17-14(21)11(4)20-10(3)13(15)9(2)18-20/h6-7,11H,5,8H2,1-4H3,(H,17,21). The summed E-state index contributed by atoms with van der Waals surface area (Å²) in [7, 11) is 0. The average Bonchev–Trinajstić information content (AvgIpc) is 3.04. The van der Waals surface area contributed by atoms with Crippen LogP contribution in [0, 0.1) is 13.8 Å². The Labute approximate surface area is 134 Å². The van der Waals surface area contributed by atoms with E-state index >= 15 is 0 Å². The van der Waals surface area contributed by atoms with E-state index in [4.69, 9.17) is 16.3 Å². The first-order chi connectivity index (χ1) is 10.4. The van der Waals surface area contributed by atoms with Crippen molar-refractivity contribution in [3.05, 3.63) is 28.8 Å². The highest BCUT2D eigenvalue weighted by molar-refractivity contribution is 6.31. The molecule has 1 N–H and O–H groups in total. The smallest absolute Gasteiger partial charge is 0.249 e. The SMILES string of the molecule is CCOCn1cc(NC(=O)C(C)n2nc(C)c(Cl)c2C)cn1. The number of ether oxygens (including phenoxy) is 1. The number of carbonyl (C=O) groups excluding carboxylic acids is 1. The molecule has 0 aliphatic carbocycles. The first-order valence-corrected chi connectivity index (χ1v) is 7.44. The van der Waals surface area contributed by atoms with Crippen LogP contribution >= 0.6 is 11.6 Å². The Morgan fingerprint density at radius 1 is 1.50 bits per heavy atom. The fourth-order valence-electron chi connectivity index (χ4n) is 2.06. The summed E-state index contributed by atoms with van der Waals surface area (Å²) < 4.78 is 8.48. The van der Waals surface area contributed by atoms with Crippen molar-refractivity contribution >= 4 is 23.2 Å².